The number of imide groups is 1. The van der Waals surface area contributed by atoms with E-state index in [1.165, 1.54) is 44.6 Å². The van der Waals surface area contributed by atoms with E-state index in [9.17, 15) is 14.4 Å². The molecule has 0 unspecified atom stereocenters. The van der Waals surface area contributed by atoms with E-state index in [1.54, 1.807) is 0 Å². The predicted molar refractivity (Wildman–Crippen MR) is 106 cm³/mol. The molecule has 1 aliphatic heterocycles. The number of benzene rings is 1. The number of urea groups is 1. The first-order chi connectivity index (χ1) is 14.9. The molecular formula is C20H16ClN3O7. The van der Waals surface area contributed by atoms with Gasteiger partial charge in [-0.25, -0.2) is 9.59 Å². The van der Waals surface area contributed by atoms with Crippen molar-refractivity contribution in [1.29, 1.82) is 5.26 Å². The number of halogens is 1. The Morgan fingerprint density at radius 1 is 1.32 bits per heavy atom. The van der Waals surface area contributed by atoms with Crippen LogP contribution in [0.4, 0.5) is 4.79 Å². The van der Waals surface area contributed by atoms with Gasteiger partial charge in [-0.1, -0.05) is 11.6 Å². The summed E-state index contributed by atoms with van der Waals surface area (Å²) in [5.41, 5.74) is 0.284. The van der Waals surface area contributed by atoms with Crippen LogP contribution in [0, 0.1) is 11.3 Å². The Labute approximate surface area is 181 Å². The lowest BCUT2D eigenvalue weighted by atomic mass is 10.1. The summed E-state index contributed by atoms with van der Waals surface area (Å²) in [4.78, 5) is 37.5. The van der Waals surface area contributed by atoms with Gasteiger partial charge in [-0.05, 0) is 24.3 Å². The van der Waals surface area contributed by atoms with Crippen LogP contribution in [0.1, 0.15) is 21.9 Å². The summed E-state index contributed by atoms with van der Waals surface area (Å²) in [6, 6.07) is 7.01. The molecule has 1 aromatic carbocycles. The molecule has 160 valence electrons. The standard InChI is InChI=1S/C20H16ClN3O7/c1-28-16-9-12(21)7-11(17(16)30-6-5-22)8-14-18(25)24(20(27)23-14)10-13-3-4-15(31-13)19(26)29-2/h3-4,7-9H,6,10H2,1-2H3,(H,23,27)/b14-8-. The quantitative estimate of drug-likeness (QED) is 0.391. The fourth-order valence-corrected chi connectivity index (χ4v) is 3.02. The first kappa shape index (κ1) is 21.7. The first-order valence-electron chi connectivity index (χ1n) is 8.76. The van der Waals surface area contributed by atoms with Crippen molar-refractivity contribution >= 4 is 35.6 Å². The predicted octanol–water partition coefficient (Wildman–Crippen LogP) is 2.72. The molecule has 1 saturated heterocycles. The topological polar surface area (TPSA) is 131 Å². The van der Waals surface area contributed by atoms with Crippen LogP contribution in [0.2, 0.25) is 5.02 Å². The van der Waals surface area contributed by atoms with Crippen molar-refractivity contribution in [2.45, 2.75) is 6.54 Å². The molecule has 10 nitrogen and oxygen atoms in total. The van der Waals surface area contributed by atoms with Gasteiger partial charge >= 0.3 is 12.0 Å². The zero-order valence-corrected chi connectivity index (χ0v) is 17.2. The Morgan fingerprint density at radius 3 is 2.77 bits per heavy atom. The minimum Gasteiger partial charge on any atom is -0.493 e. The molecule has 2 aromatic rings. The van der Waals surface area contributed by atoms with Gasteiger partial charge in [0.05, 0.1) is 20.8 Å². The van der Waals surface area contributed by atoms with Gasteiger partial charge in [0.2, 0.25) is 5.76 Å². The third-order valence-electron chi connectivity index (χ3n) is 4.17. The number of hydrogen-bond acceptors (Lipinski definition) is 8. The molecule has 1 N–H and O–H groups in total. The number of furan rings is 1. The molecule has 1 aliphatic rings. The highest BCUT2D eigenvalue weighted by atomic mass is 35.5. The number of nitrogens with one attached hydrogen (secondary N) is 1. The number of carbonyl (C=O) groups is 3. The molecule has 0 saturated carbocycles. The normalized spacial score (nSPS) is 14.4. The second-order valence-electron chi connectivity index (χ2n) is 6.11. The highest BCUT2D eigenvalue weighted by Gasteiger charge is 2.34. The average Bonchev–Trinajstić information content (AvgIpc) is 3.32. The Balaban J connectivity index is 1.88. The second-order valence-corrected chi connectivity index (χ2v) is 6.55. The van der Waals surface area contributed by atoms with E-state index in [2.05, 4.69) is 10.1 Å². The average molecular weight is 446 g/mol. The van der Waals surface area contributed by atoms with E-state index >= 15 is 0 Å². The molecule has 0 aliphatic carbocycles. The van der Waals surface area contributed by atoms with Crippen LogP contribution in [0.15, 0.2) is 34.4 Å². The monoisotopic (exact) mass is 445 g/mol. The van der Waals surface area contributed by atoms with Crippen LogP contribution in [0.25, 0.3) is 6.08 Å². The van der Waals surface area contributed by atoms with E-state index in [1.807, 2.05) is 6.07 Å². The van der Waals surface area contributed by atoms with Crippen molar-refractivity contribution in [2.24, 2.45) is 0 Å². The number of nitrogens with zero attached hydrogens (tertiary/aromatic N) is 2. The molecule has 0 spiro atoms. The summed E-state index contributed by atoms with van der Waals surface area (Å²) in [7, 11) is 2.61. The number of ether oxygens (including phenoxy) is 3. The van der Waals surface area contributed by atoms with Gasteiger partial charge in [-0.3, -0.25) is 9.69 Å². The number of amides is 3. The molecule has 1 aromatic heterocycles. The molecule has 0 radical (unpaired) electrons. The van der Waals surface area contributed by atoms with E-state index in [-0.39, 0.29) is 41.9 Å². The van der Waals surface area contributed by atoms with Gasteiger partial charge in [0.15, 0.2) is 18.1 Å². The largest absolute Gasteiger partial charge is 0.493 e. The minimum absolute atomic E-state index is 0.0455. The Hall–Kier alpha value is -3.97. The number of esters is 1. The maximum Gasteiger partial charge on any atom is 0.373 e. The molecule has 2 heterocycles. The maximum absolute atomic E-state index is 12.8. The fourth-order valence-electron chi connectivity index (χ4n) is 2.81. The summed E-state index contributed by atoms with van der Waals surface area (Å²) >= 11 is 6.10. The lowest BCUT2D eigenvalue weighted by Crippen LogP contribution is -2.30. The van der Waals surface area contributed by atoms with Gasteiger partial charge in [0.1, 0.15) is 17.5 Å². The van der Waals surface area contributed by atoms with Gasteiger partial charge < -0.3 is 23.9 Å². The third-order valence-corrected chi connectivity index (χ3v) is 4.39. The van der Waals surface area contributed by atoms with Crippen molar-refractivity contribution in [3.8, 4) is 17.6 Å². The van der Waals surface area contributed by atoms with Gasteiger partial charge in [0, 0.05) is 16.7 Å². The van der Waals surface area contributed by atoms with Crippen molar-refractivity contribution < 1.29 is 33.0 Å². The fraction of sp³-hybridized carbons (Fsp3) is 0.200. The Kier molecular flexibility index (Phi) is 6.47. The van der Waals surface area contributed by atoms with Gasteiger partial charge in [-0.15, -0.1) is 0 Å². The molecule has 3 rings (SSSR count). The maximum atomic E-state index is 12.8. The van der Waals surface area contributed by atoms with Crippen molar-refractivity contribution in [3.05, 3.63) is 52.1 Å². The van der Waals surface area contributed by atoms with Crippen LogP contribution in [0.5, 0.6) is 11.5 Å². The molecule has 31 heavy (non-hydrogen) atoms. The number of hydrogen-bond donors (Lipinski definition) is 1. The SMILES string of the molecule is COC(=O)c1ccc(CN2C(=O)N/C(=C\c3cc(Cl)cc(OC)c3OCC#N)C2=O)o1. The lowest BCUT2D eigenvalue weighted by molar-refractivity contribution is -0.123. The Morgan fingerprint density at radius 2 is 2.10 bits per heavy atom. The Bertz CT molecular complexity index is 1120. The molecule has 3 amide bonds. The highest BCUT2D eigenvalue weighted by molar-refractivity contribution is 6.31. The van der Waals surface area contributed by atoms with Gasteiger partial charge in [-0.2, -0.15) is 5.26 Å². The van der Waals surface area contributed by atoms with Crippen LogP contribution in [-0.4, -0.2) is 43.6 Å². The summed E-state index contributed by atoms with van der Waals surface area (Å²) in [5, 5.41) is 11.6. The zero-order chi connectivity index (χ0) is 22.5. The summed E-state index contributed by atoms with van der Waals surface area (Å²) in [6.45, 7) is -0.461. The highest BCUT2D eigenvalue weighted by Crippen LogP contribution is 2.36. The molecule has 1 fully saturated rings. The number of rotatable bonds is 7. The van der Waals surface area contributed by atoms with Crippen LogP contribution < -0.4 is 14.8 Å². The molecule has 0 bridgehead atoms. The molecule has 0 atom stereocenters. The van der Waals surface area contributed by atoms with Gasteiger partial charge in [0.25, 0.3) is 5.91 Å². The van der Waals surface area contributed by atoms with Crippen molar-refractivity contribution in [2.75, 3.05) is 20.8 Å². The minimum atomic E-state index is -0.680. The number of methoxy groups -OCH3 is 2. The van der Waals surface area contributed by atoms with E-state index in [0.29, 0.717) is 10.6 Å². The molecular weight excluding hydrogens is 430 g/mol. The van der Waals surface area contributed by atoms with E-state index in [0.717, 1.165) is 4.90 Å². The lowest BCUT2D eigenvalue weighted by Gasteiger charge is -2.12. The van der Waals surface area contributed by atoms with Crippen LogP contribution >= 0.6 is 11.6 Å². The van der Waals surface area contributed by atoms with E-state index < -0.39 is 17.9 Å². The summed E-state index contributed by atoms with van der Waals surface area (Å²) < 4.78 is 20.5. The van der Waals surface area contributed by atoms with Crippen LogP contribution in [-0.2, 0) is 16.1 Å². The smallest absolute Gasteiger partial charge is 0.373 e. The summed E-state index contributed by atoms with van der Waals surface area (Å²) in [5.74, 6) is -0.697. The molecule has 11 heteroatoms. The van der Waals surface area contributed by atoms with Crippen molar-refractivity contribution in [1.82, 2.24) is 10.2 Å². The first-order valence-corrected chi connectivity index (χ1v) is 9.14. The summed E-state index contributed by atoms with van der Waals surface area (Å²) in [6.07, 6.45) is 1.36. The van der Waals surface area contributed by atoms with E-state index in [4.69, 9.17) is 30.8 Å². The van der Waals surface area contributed by atoms with Crippen molar-refractivity contribution in [3.63, 3.8) is 0 Å². The van der Waals surface area contributed by atoms with Crippen LogP contribution in [0.3, 0.4) is 0 Å². The zero-order valence-electron chi connectivity index (χ0n) is 16.4. The second kappa shape index (κ2) is 9.23. The number of nitriles is 1. The number of carbonyl (C=O) groups excluding carboxylic acids is 3. The third kappa shape index (κ3) is 4.62.